The molecule has 3 N–H and O–H groups in total. The summed E-state index contributed by atoms with van der Waals surface area (Å²) in [5.41, 5.74) is 0. The summed E-state index contributed by atoms with van der Waals surface area (Å²) in [5, 5.41) is 7.74. The summed E-state index contributed by atoms with van der Waals surface area (Å²) in [7, 11) is 0. The smallest absolute Gasteiger partial charge is 0.345 e. The van der Waals surface area contributed by atoms with Crippen molar-refractivity contribution < 1.29 is 9.53 Å². The van der Waals surface area contributed by atoms with Crippen LogP contribution in [-0.4, -0.2) is 5.97 Å². The van der Waals surface area contributed by atoms with Crippen molar-refractivity contribution in [2.24, 2.45) is 0 Å². The Labute approximate surface area is 53.3 Å². The third-order valence-corrected chi connectivity index (χ3v) is 0.449. The number of nitrogens with zero attached hydrogens (tertiary/aromatic N) is 1. The van der Waals surface area contributed by atoms with E-state index in [2.05, 4.69) is 4.74 Å². The first-order valence-electron chi connectivity index (χ1n) is 2.04. The second kappa shape index (κ2) is 6.66. The molecule has 4 nitrogen and oxygen atoms in total. The van der Waals surface area contributed by atoms with Crippen molar-refractivity contribution in [2.45, 2.75) is 6.92 Å². The van der Waals surface area contributed by atoms with Gasteiger partial charge in [-0.05, 0) is 6.92 Å². The molecule has 0 aliphatic heterocycles. The van der Waals surface area contributed by atoms with Gasteiger partial charge >= 0.3 is 5.97 Å². The molecule has 0 atom stereocenters. The van der Waals surface area contributed by atoms with Gasteiger partial charge in [0.1, 0.15) is 0 Å². The summed E-state index contributed by atoms with van der Waals surface area (Å²) in [6.45, 7) is 1.67. The fraction of sp³-hybridized carbons (Fsp3) is 0.200. The summed E-state index contributed by atoms with van der Waals surface area (Å²) in [4.78, 5) is 10.1. The van der Waals surface area contributed by atoms with Crippen LogP contribution in [0.5, 0.6) is 0 Å². The predicted molar refractivity (Wildman–Crippen MR) is 31.5 cm³/mol. The van der Waals surface area contributed by atoms with Crippen LogP contribution in [-0.2, 0) is 9.53 Å². The van der Waals surface area contributed by atoms with Crippen LogP contribution in [0, 0.1) is 11.5 Å². The molecule has 0 amide bonds. The van der Waals surface area contributed by atoms with Crippen molar-refractivity contribution in [3.8, 4) is 6.26 Å². The van der Waals surface area contributed by atoms with Crippen LogP contribution in [0.25, 0.3) is 0 Å². The van der Waals surface area contributed by atoms with Crippen LogP contribution in [0.4, 0.5) is 0 Å². The zero-order valence-electron chi connectivity index (χ0n) is 5.13. The second-order valence-electron chi connectivity index (χ2n) is 1.01. The maximum atomic E-state index is 10.1. The normalized spacial score (nSPS) is 7.56. The number of rotatable bonds is 1. The Morgan fingerprint density at radius 3 is 2.67 bits per heavy atom. The van der Waals surface area contributed by atoms with Crippen molar-refractivity contribution in [1.82, 2.24) is 6.15 Å². The molecule has 4 heteroatoms. The minimum Gasteiger partial charge on any atom is -0.347 e. The molecule has 0 spiro atoms. The first-order chi connectivity index (χ1) is 3.81. The maximum Gasteiger partial charge on any atom is 0.345 e. The van der Waals surface area contributed by atoms with E-state index in [4.69, 9.17) is 5.26 Å². The molecule has 0 aromatic rings. The van der Waals surface area contributed by atoms with E-state index in [1.807, 2.05) is 0 Å². The Morgan fingerprint density at radius 1 is 1.78 bits per heavy atom. The fourth-order valence-electron chi connectivity index (χ4n) is 0.215. The number of ether oxygens (including phenoxy) is 1. The van der Waals surface area contributed by atoms with E-state index >= 15 is 0 Å². The van der Waals surface area contributed by atoms with Crippen LogP contribution >= 0.6 is 0 Å². The Balaban J connectivity index is 0. The zero-order valence-corrected chi connectivity index (χ0v) is 5.13. The molecule has 0 saturated carbocycles. The highest BCUT2D eigenvalue weighted by Gasteiger charge is 1.89. The van der Waals surface area contributed by atoms with Gasteiger partial charge in [0, 0.05) is 6.08 Å². The lowest BCUT2D eigenvalue weighted by molar-refractivity contribution is -0.131. The zero-order chi connectivity index (χ0) is 6.41. The van der Waals surface area contributed by atoms with E-state index in [9.17, 15) is 4.79 Å². The minimum absolute atomic E-state index is 0. The number of carbonyl (C=O) groups excluding carboxylic acids is 1. The Morgan fingerprint density at radius 2 is 2.33 bits per heavy atom. The monoisotopic (exact) mass is 128 g/mol. The third kappa shape index (κ3) is 6.66. The molecule has 0 bridgehead atoms. The first kappa shape index (κ1) is 10.6. The van der Waals surface area contributed by atoms with Crippen LogP contribution in [0.15, 0.2) is 12.2 Å². The average Bonchev–Trinajstić information content (AvgIpc) is 1.68. The summed E-state index contributed by atoms with van der Waals surface area (Å²) >= 11 is 0. The van der Waals surface area contributed by atoms with Crippen LogP contribution < -0.4 is 6.15 Å². The van der Waals surface area contributed by atoms with Crippen LogP contribution in [0.2, 0.25) is 0 Å². The molecule has 0 heterocycles. The largest absolute Gasteiger partial charge is 0.347 e. The molecule has 0 aliphatic rings. The molecule has 0 fully saturated rings. The topological polar surface area (TPSA) is 85.1 Å². The number of allylic oxidation sites excluding steroid dienone is 1. The molecule has 0 rings (SSSR count). The van der Waals surface area contributed by atoms with E-state index in [1.165, 1.54) is 18.4 Å². The summed E-state index contributed by atoms with van der Waals surface area (Å²) < 4.78 is 3.86. The van der Waals surface area contributed by atoms with Crippen LogP contribution in [0.3, 0.4) is 0 Å². The highest BCUT2D eigenvalue weighted by Crippen LogP contribution is 1.76. The quantitative estimate of drug-likeness (QED) is 0.320. The van der Waals surface area contributed by atoms with Gasteiger partial charge in [-0.15, -0.1) is 5.26 Å². The Hall–Kier alpha value is -1.34. The van der Waals surface area contributed by atoms with Gasteiger partial charge in [0.15, 0.2) is 0 Å². The van der Waals surface area contributed by atoms with Crippen molar-refractivity contribution >= 4 is 5.97 Å². The molecule has 0 aliphatic carbocycles. The molecule has 0 saturated heterocycles. The van der Waals surface area contributed by atoms with E-state index in [-0.39, 0.29) is 6.15 Å². The van der Waals surface area contributed by atoms with E-state index in [0.29, 0.717) is 0 Å². The van der Waals surface area contributed by atoms with Crippen LogP contribution in [0.1, 0.15) is 6.92 Å². The van der Waals surface area contributed by atoms with Gasteiger partial charge in [0.05, 0.1) is 0 Å². The lowest BCUT2D eigenvalue weighted by atomic mass is 10.5. The number of carbonyl (C=O) groups is 1. The van der Waals surface area contributed by atoms with Crippen molar-refractivity contribution in [3.05, 3.63) is 12.2 Å². The molecule has 0 unspecified atom stereocenters. The predicted octanol–water partition coefficient (Wildman–Crippen LogP) is 0.749. The molecule has 0 radical (unpaired) electrons. The first-order valence-corrected chi connectivity index (χ1v) is 2.04. The van der Waals surface area contributed by atoms with Crippen molar-refractivity contribution in [2.75, 3.05) is 0 Å². The van der Waals surface area contributed by atoms with E-state index in [0.717, 1.165) is 0 Å². The minimum atomic E-state index is -0.630. The molecule has 50 valence electrons. The SMILES string of the molecule is CC=CC(=O)OC#N.N. The number of hydrogen-bond acceptors (Lipinski definition) is 4. The standard InChI is InChI=1S/C5H5NO2.H3N/c1-2-3-5(7)8-4-6;/h2-3H,1H3;1H3. The van der Waals surface area contributed by atoms with E-state index in [1.54, 1.807) is 6.92 Å². The average molecular weight is 128 g/mol. The van der Waals surface area contributed by atoms with Gasteiger partial charge in [-0.1, -0.05) is 6.08 Å². The number of esters is 1. The molecular formula is C5H8N2O2. The highest BCUT2D eigenvalue weighted by molar-refractivity contribution is 5.82. The molecule has 0 aromatic carbocycles. The molecular weight excluding hydrogens is 120 g/mol. The second-order valence-corrected chi connectivity index (χ2v) is 1.01. The summed E-state index contributed by atoms with van der Waals surface area (Å²) in [5.74, 6) is -0.630. The maximum absolute atomic E-state index is 10.1. The third-order valence-electron chi connectivity index (χ3n) is 0.449. The highest BCUT2D eigenvalue weighted by atomic mass is 16.5. The number of hydrogen-bond donors (Lipinski definition) is 1. The molecule has 0 aromatic heterocycles. The summed E-state index contributed by atoms with van der Waals surface area (Å²) in [6.07, 6.45) is 3.92. The van der Waals surface area contributed by atoms with Crippen molar-refractivity contribution in [3.63, 3.8) is 0 Å². The molecule has 9 heavy (non-hydrogen) atoms. The van der Waals surface area contributed by atoms with Gasteiger partial charge in [-0.25, -0.2) is 4.79 Å². The van der Waals surface area contributed by atoms with E-state index < -0.39 is 5.97 Å². The lowest BCUT2D eigenvalue weighted by Crippen LogP contribution is -1.91. The Kier molecular flexibility index (Phi) is 7.85. The van der Waals surface area contributed by atoms with Gasteiger partial charge in [0.25, 0.3) is 6.26 Å². The van der Waals surface area contributed by atoms with Gasteiger partial charge in [-0.2, -0.15) is 0 Å². The Bertz CT molecular complexity index is 146. The lowest BCUT2D eigenvalue weighted by Gasteiger charge is -1.79. The van der Waals surface area contributed by atoms with Crippen molar-refractivity contribution in [1.29, 1.82) is 5.26 Å². The fourth-order valence-corrected chi connectivity index (χ4v) is 0.215. The summed E-state index contributed by atoms with van der Waals surface area (Å²) in [6, 6.07) is 0. The number of nitriles is 1. The van der Waals surface area contributed by atoms with Gasteiger partial charge in [-0.3, -0.25) is 0 Å². The van der Waals surface area contributed by atoms with Gasteiger partial charge in [0.2, 0.25) is 0 Å². The van der Waals surface area contributed by atoms with Gasteiger partial charge < -0.3 is 10.9 Å².